The van der Waals surface area contributed by atoms with Crippen molar-refractivity contribution in [3.05, 3.63) is 53.6 Å². The molecule has 6 heteroatoms. The molecule has 3 N–H and O–H groups in total. The Bertz CT molecular complexity index is 732. The number of benzene rings is 2. The van der Waals surface area contributed by atoms with Crippen LogP contribution in [0.15, 0.2) is 47.4 Å². The fraction of sp³-hybridized carbons (Fsp3) is 0.176. The minimum atomic E-state index is -0.590. The SMILES string of the molecule is CSc1cccc(NC(=O)COc2cc(C)ccc2C(N)=O)c1. The van der Waals surface area contributed by atoms with Crippen LogP contribution in [0, 0.1) is 6.92 Å². The third-order valence-electron chi connectivity index (χ3n) is 3.11. The van der Waals surface area contributed by atoms with Crippen molar-refractivity contribution < 1.29 is 14.3 Å². The summed E-state index contributed by atoms with van der Waals surface area (Å²) in [5.41, 5.74) is 7.18. The standard InChI is InChI=1S/C17H18N2O3S/c1-11-6-7-14(17(18)21)15(8-11)22-10-16(20)19-12-4-3-5-13(9-12)23-2/h3-9H,10H2,1-2H3,(H2,18,21)(H,19,20). The van der Waals surface area contributed by atoms with E-state index in [1.165, 1.54) is 0 Å². The zero-order valence-electron chi connectivity index (χ0n) is 13.0. The predicted molar refractivity (Wildman–Crippen MR) is 92.0 cm³/mol. The summed E-state index contributed by atoms with van der Waals surface area (Å²) in [7, 11) is 0. The van der Waals surface area contributed by atoms with Gasteiger partial charge in [-0.2, -0.15) is 0 Å². The predicted octanol–water partition coefficient (Wildman–Crippen LogP) is 2.83. The largest absolute Gasteiger partial charge is 0.483 e. The number of nitrogens with one attached hydrogen (secondary N) is 1. The first-order valence-corrected chi connectivity index (χ1v) is 8.19. The molecule has 2 aromatic carbocycles. The van der Waals surface area contributed by atoms with Crippen LogP contribution in [0.4, 0.5) is 5.69 Å². The van der Waals surface area contributed by atoms with Gasteiger partial charge in [-0.15, -0.1) is 11.8 Å². The summed E-state index contributed by atoms with van der Waals surface area (Å²) in [6.45, 7) is 1.67. The lowest BCUT2D eigenvalue weighted by atomic mass is 10.1. The summed E-state index contributed by atoms with van der Waals surface area (Å²) in [6, 6.07) is 12.6. The topological polar surface area (TPSA) is 81.4 Å². The van der Waals surface area contributed by atoms with Crippen molar-refractivity contribution in [3.8, 4) is 5.75 Å². The molecule has 0 atom stereocenters. The highest BCUT2D eigenvalue weighted by Crippen LogP contribution is 2.21. The number of amides is 2. The van der Waals surface area contributed by atoms with Gasteiger partial charge in [0.25, 0.3) is 11.8 Å². The highest BCUT2D eigenvalue weighted by Gasteiger charge is 2.11. The molecular weight excluding hydrogens is 312 g/mol. The lowest BCUT2D eigenvalue weighted by Crippen LogP contribution is -2.21. The first-order chi connectivity index (χ1) is 11.0. The molecule has 0 aliphatic carbocycles. The summed E-state index contributed by atoms with van der Waals surface area (Å²) in [4.78, 5) is 24.4. The molecule has 0 aromatic heterocycles. The molecule has 120 valence electrons. The number of anilines is 1. The Balaban J connectivity index is 2.02. The number of nitrogens with two attached hydrogens (primary N) is 1. The molecule has 0 aliphatic rings. The van der Waals surface area contributed by atoms with Gasteiger partial charge in [0.1, 0.15) is 5.75 Å². The summed E-state index contributed by atoms with van der Waals surface area (Å²) >= 11 is 1.59. The molecule has 2 aromatic rings. The van der Waals surface area contributed by atoms with Crippen LogP contribution in [0.25, 0.3) is 0 Å². The minimum Gasteiger partial charge on any atom is -0.483 e. The summed E-state index contributed by atoms with van der Waals surface area (Å²) in [5, 5.41) is 2.76. The number of carbonyl (C=O) groups is 2. The average molecular weight is 330 g/mol. The van der Waals surface area contributed by atoms with Crippen LogP contribution in [-0.4, -0.2) is 24.7 Å². The number of carbonyl (C=O) groups excluding carboxylic acids is 2. The molecule has 0 fully saturated rings. The summed E-state index contributed by atoms with van der Waals surface area (Å²) in [6.07, 6.45) is 1.97. The van der Waals surface area contributed by atoms with Crippen molar-refractivity contribution in [1.29, 1.82) is 0 Å². The van der Waals surface area contributed by atoms with Crippen LogP contribution in [0.3, 0.4) is 0 Å². The molecule has 5 nitrogen and oxygen atoms in total. The maximum Gasteiger partial charge on any atom is 0.262 e. The second kappa shape index (κ2) is 7.69. The van der Waals surface area contributed by atoms with Gasteiger partial charge >= 0.3 is 0 Å². The van der Waals surface area contributed by atoms with E-state index in [0.29, 0.717) is 11.4 Å². The van der Waals surface area contributed by atoms with Crippen LogP contribution in [0.5, 0.6) is 5.75 Å². The highest BCUT2D eigenvalue weighted by atomic mass is 32.2. The van der Waals surface area contributed by atoms with Crippen LogP contribution in [-0.2, 0) is 4.79 Å². The first kappa shape index (κ1) is 16.9. The van der Waals surface area contributed by atoms with Crippen molar-refractivity contribution in [2.75, 3.05) is 18.2 Å². The number of hydrogen-bond donors (Lipinski definition) is 2. The van der Waals surface area contributed by atoms with Crippen LogP contribution >= 0.6 is 11.8 Å². The average Bonchev–Trinajstić information content (AvgIpc) is 2.53. The van der Waals surface area contributed by atoms with Crippen LogP contribution in [0.1, 0.15) is 15.9 Å². The molecule has 0 aliphatic heterocycles. The maximum absolute atomic E-state index is 12.0. The normalized spacial score (nSPS) is 10.2. The van der Waals surface area contributed by atoms with Gasteiger partial charge in [-0.3, -0.25) is 9.59 Å². The Morgan fingerprint density at radius 1 is 1.22 bits per heavy atom. The Morgan fingerprint density at radius 3 is 2.70 bits per heavy atom. The molecule has 2 rings (SSSR count). The molecule has 0 bridgehead atoms. The van der Waals surface area contributed by atoms with E-state index in [4.69, 9.17) is 10.5 Å². The molecule has 23 heavy (non-hydrogen) atoms. The molecular formula is C17H18N2O3S. The summed E-state index contributed by atoms with van der Waals surface area (Å²) < 4.78 is 5.45. The summed E-state index contributed by atoms with van der Waals surface area (Å²) in [5.74, 6) is -0.584. The van der Waals surface area contributed by atoms with E-state index in [1.54, 1.807) is 36.0 Å². The monoisotopic (exact) mass is 330 g/mol. The van der Waals surface area contributed by atoms with Crippen LogP contribution < -0.4 is 15.8 Å². The molecule has 0 unspecified atom stereocenters. The molecule has 0 heterocycles. The Kier molecular flexibility index (Phi) is 5.65. The molecule has 2 amide bonds. The quantitative estimate of drug-likeness (QED) is 0.798. The van der Waals surface area contributed by atoms with E-state index in [0.717, 1.165) is 10.5 Å². The Labute approximate surface area is 139 Å². The van der Waals surface area contributed by atoms with Gasteiger partial charge in [-0.1, -0.05) is 12.1 Å². The Hall–Kier alpha value is -2.47. The number of ether oxygens (including phenoxy) is 1. The van der Waals surface area contributed by atoms with Gasteiger partial charge in [0.05, 0.1) is 5.56 Å². The van der Waals surface area contributed by atoms with E-state index in [-0.39, 0.29) is 18.1 Å². The second-order valence-electron chi connectivity index (χ2n) is 4.93. The minimum absolute atomic E-state index is 0.201. The highest BCUT2D eigenvalue weighted by molar-refractivity contribution is 7.98. The van der Waals surface area contributed by atoms with Gasteiger partial charge in [0.2, 0.25) is 0 Å². The van der Waals surface area contributed by atoms with E-state index in [2.05, 4.69) is 5.32 Å². The number of thioether (sulfide) groups is 1. The molecule has 0 saturated heterocycles. The van der Waals surface area contributed by atoms with E-state index in [9.17, 15) is 9.59 Å². The second-order valence-corrected chi connectivity index (χ2v) is 5.81. The Morgan fingerprint density at radius 2 is 2.00 bits per heavy atom. The lowest BCUT2D eigenvalue weighted by molar-refractivity contribution is -0.118. The number of aryl methyl sites for hydroxylation is 1. The van der Waals surface area contributed by atoms with Gasteiger partial charge in [-0.05, 0) is 49.1 Å². The van der Waals surface area contributed by atoms with Crippen molar-refractivity contribution in [3.63, 3.8) is 0 Å². The molecule has 0 radical (unpaired) electrons. The lowest BCUT2D eigenvalue weighted by Gasteiger charge is -2.11. The van der Waals surface area contributed by atoms with Crippen LogP contribution in [0.2, 0.25) is 0 Å². The van der Waals surface area contributed by atoms with Gasteiger partial charge in [0.15, 0.2) is 6.61 Å². The van der Waals surface area contributed by atoms with E-state index in [1.807, 2.05) is 31.4 Å². The number of hydrogen-bond acceptors (Lipinski definition) is 4. The fourth-order valence-corrected chi connectivity index (χ4v) is 2.45. The van der Waals surface area contributed by atoms with Gasteiger partial charge in [-0.25, -0.2) is 0 Å². The zero-order chi connectivity index (χ0) is 16.8. The smallest absolute Gasteiger partial charge is 0.262 e. The third-order valence-corrected chi connectivity index (χ3v) is 3.84. The van der Waals surface area contributed by atoms with Crippen molar-refractivity contribution in [1.82, 2.24) is 0 Å². The van der Waals surface area contributed by atoms with E-state index < -0.39 is 5.91 Å². The maximum atomic E-state index is 12.0. The number of rotatable bonds is 6. The van der Waals surface area contributed by atoms with Crippen molar-refractivity contribution >= 4 is 29.3 Å². The van der Waals surface area contributed by atoms with Crippen molar-refractivity contribution in [2.45, 2.75) is 11.8 Å². The van der Waals surface area contributed by atoms with Gasteiger partial charge in [0, 0.05) is 10.6 Å². The zero-order valence-corrected chi connectivity index (χ0v) is 13.8. The fourth-order valence-electron chi connectivity index (χ4n) is 1.99. The van der Waals surface area contributed by atoms with Crippen molar-refractivity contribution in [2.24, 2.45) is 5.73 Å². The molecule has 0 spiro atoms. The third kappa shape index (κ3) is 4.75. The molecule has 0 saturated carbocycles. The van der Waals surface area contributed by atoms with Gasteiger partial charge < -0.3 is 15.8 Å². The first-order valence-electron chi connectivity index (χ1n) is 6.97. The number of primary amides is 1. The van der Waals surface area contributed by atoms with E-state index >= 15 is 0 Å².